The SMILES string of the molecule is C[C@@H]1CCCN(C(=O)CC(=O)N(C)C)[C@H]1CN. The van der Waals surface area contributed by atoms with Gasteiger partial charge in [0.05, 0.1) is 0 Å². The number of nitrogens with zero attached hydrogens (tertiary/aromatic N) is 2. The van der Waals surface area contributed by atoms with Gasteiger partial charge in [0.15, 0.2) is 0 Å². The highest BCUT2D eigenvalue weighted by molar-refractivity contribution is 5.96. The first kappa shape index (κ1) is 14.0. The van der Waals surface area contributed by atoms with Gasteiger partial charge in [-0.1, -0.05) is 6.92 Å². The third kappa shape index (κ3) is 3.43. The summed E-state index contributed by atoms with van der Waals surface area (Å²) in [6, 6.07) is 0.0891. The summed E-state index contributed by atoms with van der Waals surface area (Å²) in [5.41, 5.74) is 5.72. The summed E-state index contributed by atoms with van der Waals surface area (Å²) in [4.78, 5) is 26.8. The molecule has 17 heavy (non-hydrogen) atoms. The standard InChI is InChI=1S/C12H23N3O2/c1-9-5-4-6-15(10(9)8-13)12(17)7-11(16)14(2)3/h9-10H,4-8,13H2,1-3H3/t9-,10+/m1/s1. The number of hydrogen-bond acceptors (Lipinski definition) is 3. The molecule has 5 heteroatoms. The van der Waals surface area contributed by atoms with Crippen molar-refractivity contribution in [2.45, 2.75) is 32.2 Å². The first-order valence-electron chi connectivity index (χ1n) is 6.17. The lowest BCUT2D eigenvalue weighted by Gasteiger charge is -2.39. The second-order valence-electron chi connectivity index (χ2n) is 4.97. The normalized spacial score (nSPS) is 24.6. The number of rotatable bonds is 3. The van der Waals surface area contributed by atoms with Crippen LogP contribution in [-0.4, -0.2) is 54.8 Å². The molecular formula is C12H23N3O2. The molecule has 1 aliphatic rings. The van der Waals surface area contributed by atoms with E-state index < -0.39 is 0 Å². The van der Waals surface area contributed by atoms with Crippen molar-refractivity contribution in [3.63, 3.8) is 0 Å². The van der Waals surface area contributed by atoms with Crippen LogP contribution in [0.4, 0.5) is 0 Å². The highest BCUT2D eigenvalue weighted by Crippen LogP contribution is 2.23. The molecule has 1 fully saturated rings. The second kappa shape index (κ2) is 6.00. The Kier molecular flexibility index (Phi) is 4.93. The predicted octanol–water partition coefficient (Wildman–Crippen LogP) is 0.0505. The van der Waals surface area contributed by atoms with Gasteiger partial charge >= 0.3 is 0 Å². The van der Waals surface area contributed by atoms with Crippen LogP contribution in [-0.2, 0) is 9.59 Å². The molecule has 98 valence electrons. The Hall–Kier alpha value is -1.10. The molecule has 0 spiro atoms. The van der Waals surface area contributed by atoms with Gasteiger partial charge in [-0.15, -0.1) is 0 Å². The lowest BCUT2D eigenvalue weighted by Crippen LogP contribution is -2.52. The van der Waals surface area contributed by atoms with Crippen molar-refractivity contribution in [2.75, 3.05) is 27.2 Å². The molecule has 5 nitrogen and oxygen atoms in total. The molecule has 2 atom stereocenters. The smallest absolute Gasteiger partial charge is 0.232 e. The summed E-state index contributed by atoms with van der Waals surface area (Å²) >= 11 is 0. The topological polar surface area (TPSA) is 66.6 Å². The Labute approximate surface area is 103 Å². The molecule has 1 rings (SSSR count). The van der Waals surface area contributed by atoms with E-state index in [9.17, 15) is 9.59 Å². The predicted molar refractivity (Wildman–Crippen MR) is 66.3 cm³/mol. The Morgan fingerprint density at radius 1 is 1.41 bits per heavy atom. The molecule has 2 amide bonds. The summed E-state index contributed by atoms with van der Waals surface area (Å²) in [6.07, 6.45) is 2.06. The Morgan fingerprint density at radius 3 is 2.59 bits per heavy atom. The summed E-state index contributed by atoms with van der Waals surface area (Å²) in [5.74, 6) is 0.182. The van der Waals surface area contributed by atoms with Gasteiger partial charge in [0, 0.05) is 33.2 Å². The van der Waals surface area contributed by atoms with E-state index in [0.717, 1.165) is 19.4 Å². The fourth-order valence-electron chi connectivity index (χ4n) is 2.31. The van der Waals surface area contributed by atoms with E-state index in [1.807, 2.05) is 0 Å². The zero-order valence-electron chi connectivity index (χ0n) is 11.0. The maximum atomic E-state index is 12.1. The van der Waals surface area contributed by atoms with Gasteiger partial charge in [-0.25, -0.2) is 0 Å². The fraction of sp³-hybridized carbons (Fsp3) is 0.833. The molecule has 0 radical (unpaired) electrons. The van der Waals surface area contributed by atoms with E-state index >= 15 is 0 Å². The van der Waals surface area contributed by atoms with Crippen molar-refractivity contribution >= 4 is 11.8 Å². The van der Waals surface area contributed by atoms with Gasteiger partial charge in [-0.2, -0.15) is 0 Å². The van der Waals surface area contributed by atoms with Crippen molar-refractivity contribution in [2.24, 2.45) is 11.7 Å². The van der Waals surface area contributed by atoms with E-state index in [-0.39, 0.29) is 24.3 Å². The van der Waals surface area contributed by atoms with Crippen LogP contribution in [0.3, 0.4) is 0 Å². The number of nitrogens with two attached hydrogens (primary N) is 1. The summed E-state index contributed by atoms with van der Waals surface area (Å²) in [7, 11) is 3.32. The largest absolute Gasteiger partial charge is 0.348 e. The maximum absolute atomic E-state index is 12.1. The average molecular weight is 241 g/mol. The molecule has 1 heterocycles. The van der Waals surface area contributed by atoms with Gasteiger partial charge < -0.3 is 15.5 Å². The monoisotopic (exact) mass is 241 g/mol. The fourth-order valence-corrected chi connectivity index (χ4v) is 2.31. The third-order valence-electron chi connectivity index (χ3n) is 3.48. The number of hydrogen-bond donors (Lipinski definition) is 1. The average Bonchev–Trinajstić information content (AvgIpc) is 2.28. The van der Waals surface area contributed by atoms with Crippen LogP contribution >= 0.6 is 0 Å². The summed E-state index contributed by atoms with van der Waals surface area (Å²) < 4.78 is 0. The molecule has 0 unspecified atom stereocenters. The zero-order chi connectivity index (χ0) is 13.0. The number of piperidine rings is 1. The molecule has 0 aromatic carbocycles. The van der Waals surface area contributed by atoms with E-state index in [1.165, 1.54) is 4.90 Å². The Balaban J connectivity index is 2.63. The van der Waals surface area contributed by atoms with Gasteiger partial charge in [-0.3, -0.25) is 9.59 Å². The molecule has 0 aliphatic carbocycles. The van der Waals surface area contributed by atoms with Crippen LogP contribution in [0.15, 0.2) is 0 Å². The lowest BCUT2D eigenvalue weighted by atomic mass is 9.90. The van der Waals surface area contributed by atoms with Gasteiger partial charge in [-0.05, 0) is 18.8 Å². The van der Waals surface area contributed by atoms with E-state index in [4.69, 9.17) is 5.73 Å². The Morgan fingerprint density at radius 2 is 2.06 bits per heavy atom. The van der Waals surface area contributed by atoms with Crippen molar-refractivity contribution in [3.8, 4) is 0 Å². The highest BCUT2D eigenvalue weighted by Gasteiger charge is 2.31. The maximum Gasteiger partial charge on any atom is 0.232 e. The van der Waals surface area contributed by atoms with Crippen LogP contribution in [0.25, 0.3) is 0 Å². The van der Waals surface area contributed by atoms with Gasteiger partial charge in [0.2, 0.25) is 11.8 Å². The summed E-state index contributed by atoms with van der Waals surface area (Å²) in [5, 5.41) is 0. The van der Waals surface area contributed by atoms with Crippen LogP contribution in [0.5, 0.6) is 0 Å². The second-order valence-corrected chi connectivity index (χ2v) is 4.97. The molecule has 0 bridgehead atoms. The van der Waals surface area contributed by atoms with E-state index in [2.05, 4.69) is 6.92 Å². The van der Waals surface area contributed by atoms with Crippen LogP contribution in [0, 0.1) is 5.92 Å². The van der Waals surface area contributed by atoms with Crippen LogP contribution in [0.2, 0.25) is 0 Å². The molecule has 0 aromatic rings. The van der Waals surface area contributed by atoms with Gasteiger partial charge in [0.1, 0.15) is 6.42 Å². The molecule has 2 N–H and O–H groups in total. The zero-order valence-corrected chi connectivity index (χ0v) is 11.0. The minimum absolute atomic E-state index is 0.0454. The third-order valence-corrected chi connectivity index (χ3v) is 3.48. The lowest BCUT2D eigenvalue weighted by molar-refractivity contribution is -0.142. The number of carbonyl (C=O) groups is 2. The first-order chi connectivity index (χ1) is 7.97. The minimum atomic E-state index is -0.149. The van der Waals surface area contributed by atoms with E-state index in [0.29, 0.717) is 12.5 Å². The van der Waals surface area contributed by atoms with Crippen molar-refractivity contribution < 1.29 is 9.59 Å². The molecule has 0 saturated carbocycles. The first-order valence-corrected chi connectivity index (χ1v) is 6.17. The highest BCUT2D eigenvalue weighted by atomic mass is 16.2. The molecule has 0 aromatic heterocycles. The summed E-state index contributed by atoms with van der Waals surface area (Å²) in [6.45, 7) is 3.32. The molecule has 1 saturated heterocycles. The van der Waals surface area contributed by atoms with Crippen molar-refractivity contribution in [1.82, 2.24) is 9.80 Å². The number of carbonyl (C=O) groups excluding carboxylic acids is 2. The van der Waals surface area contributed by atoms with Gasteiger partial charge in [0.25, 0.3) is 0 Å². The quantitative estimate of drug-likeness (QED) is 0.710. The van der Waals surface area contributed by atoms with Crippen LogP contribution < -0.4 is 5.73 Å². The number of amides is 2. The van der Waals surface area contributed by atoms with E-state index in [1.54, 1.807) is 19.0 Å². The van der Waals surface area contributed by atoms with Crippen molar-refractivity contribution in [1.29, 1.82) is 0 Å². The number of likely N-dealkylation sites (tertiary alicyclic amines) is 1. The molecule has 1 aliphatic heterocycles. The Bertz CT molecular complexity index is 291. The van der Waals surface area contributed by atoms with Crippen molar-refractivity contribution in [3.05, 3.63) is 0 Å². The molecular weight excluding hydrogens is 218 g/mol. The van der Waals surface area contributed by atoms with Crippen LogP contribution in [0.1, 0.15) is 26.2 Å². The minimum Gasteiger partial charge on any atom is -0.348 e.